The van der Waals surface area contributed by atoms with Crippen LogP contribution in [0.15, 0.2) is 48.5 Å². The van der Waals surface area contributed by atoms with Crippen LogP contribution < -0.4 is 15.8 Å². The van der Waals surface area contributed by atoms with Gasteiger partial charge >= 0.3 is 0 Å². The van der Waals surface area contributed by atoms with Crippen LogP contribution in [0.4, 0.5) is 4.79 Å². The third-order valence-corrected chi connectivity index (χ3v) is 5.47. The second-order valence-electron chi connectivity index (χ2n) is 7.02. The Kier molecular flexibility index (Phi) is 8.28. The zero-order chi connectivity index (χ0) is 21.0. The van der Waals surface area contributed by atoms with Crippen molar-refractivity contribution in [1.82, 2.24) is 10.2 Å². The van der Waals surface area contributed by atoms with Crippen molar-refractivity contribution in [2.75, 3.05) is 14.1 Å². The van der Waals surface area contributed by atoms with Gasteiger partial charge in [-0.3, -0.25) is 19.7 Å². The molecule has 160 valence electrons. The lowest BCUT2D eigenvalue weighted by molar-refractivity contribution is -0.130. The summed E-state index contributed by atoms with van der Waals surface area (Å²) in [6.45, 7) is 0. The van der Waals surface area contributed by atoms with Gasteiger partial charge in [-0.2, -0.15) is 0 Å². The highest BCUT2D eigenvalue weighted by Crippen LogP contribution is 2.26. The van der Waals surface area contributed by atoms with Crippen LogP contribution in [0.3, 0.4) is 0 Å². The third-order valence-electron chi connectivity index (χ3n) is 4.48. The minimum absolute atomic E-state index is 0. The van der Waals surface area contributed by atoms with Crippen LogP contribution in [-0.4, -0.2) is 47.3 Å². The molecule has 2 aromatic rings. The van der Waals surface area contributed by atoms with Crippen molar-refractivity contribution >= 4 is 41.2 Å². The van der Waals surface area contributed by atoms with Gasteiger partial charge in [0, 0.05) is 14.1 Å². The maximum absolute atomic E-state index is 11.9. The van der Waals surface area contributed by atoms with Crippen LogP contribution in [0.2, 0.25) is 0 Å². The molecule has 3 amide bonds. The van der Waals surface area contributed by atoms with Crippen molar-refractivity contribution in [1.29, 1.82) is 0 Å². The molecule has 30 heavy (non-hydrogen) atoms. The third kappa shape index (κ3) is 6.22. The lowest BCUT2D eigenvalue weighted by Gasteiger charge is -2.16. The summed E-state index contributed by atoms with van der Waals surface area (Å²) in [5.41, 5.74) is 7.84. The molecule has 0 aliphatic carbocycles. The smallest absolute Gasteiger partial charge is 0.286 e. The van der Waals surface area contributed by atoms with E-state index in [1.165, 1.54) is 4.90 Å². The van der Waals surface area contributed by atoms with Gasteiger partial charge in [0.1, 0.15) is 11.5 Å². The fourth-order valence-electron chi connectivity index (χ4n) is 2.94. The van der Waals surface area contributed by atoms with E-state index in [4.69, 9.17) is 10.5 Å². The molecule has 0 bridgehead atoms. The summed E-state index contributed by atoms with van der Waals surface area (Å²) in [6.07, 6.45) is 0.949. The molecule has 2 aromatic carbocycles. The predicted octanol–water partition coefficient (Wildman–Crippen LogP) is 2.75. The number of rotatable bonds is 7. The quantitative estimate of drug-likeness (QED) is 0.673. The number of nitrogens with one attached hydrogen (secondary N) is 1. The molecule has 7 nitrogen and oxygen atoms in total. The fourth-order valence-corrected chi connectivity index (χ4v) is 3.80. The van der Waals surface area contributed by atoms with Crippen molar-refractivity contribution in [3.8, 4) is 11.5 Å². The molecule has 0 radical (unpaired) electrons. The van der Waals surface area contributed by atoms with E-state index >= 15 is 0 Å². The largest absolute Gasteiger partial charge is 0.457 e. The van der Waals surface area contributed by atoms with Crippen molar-refractivity contribution in [2.45, 2.75) is 24.1 Å². The van der Waals surface area contributed by atoms with Crippen LogP contribution in [0.1, 0.15) is 11.1 Å². The zero-order valence-corrected chi connectivity index (χ0v) is 18.3. The Hall–Kier alpha value is -2.55. The Balaban J connectivity index is 0.00000320. The monoisotopic (exact) mass is 449 g/mol. The van der Waals surface area contributed by atoms with Gasteiger partial charge in [-0.05, 0) is 48.2 Å². The SMILES string of the molecule is CN(C)C(=O)[C@@H](N)Cc1ccc(Oc2ccc(CC3SC(=O)NC3=O)cc2)cc1.Cl. The first-order valence-electron chi connectivity index (χ1n) is 9.16. The molecule has 0 saturated carbocycles. The molecule has 0 aromatic heterocycles. The van der Waals surface area contributed by atoms with Gasteiger partial charge in [-0.15, -0.1) is 12.4 Å². The molecule has 1 saturated heterocycles. The summed E-state index contributed by atoms with van der Waals surface area (Å²) in [4.78, 5) is 36.2. The highest BCUT2D eigenvalue weighted by Gasteiger charge is 2.31. The summed E-state index contributed by atoms with van der Waals surface area (Å²) >= 11 is 1.02. The summed E-state index contributed by atoms with van der Waals surface area (Å²) in [6, 6.07) is 14.3. The zero-order valence-electron chi connectivity index (χ0n) is 16.7. The second kappa shape index (κ2) is 10.5. The number of amides is 3. The molecule has 1 aliphatic rings. The number of nitrogens with two attached hydrogens (primary N) is 1. The van der Waals surface area contributed by atoms with Gasteiger partial charge in [-0.25, -0.2) is 0 Å². The molecule has 0 spiro atoms. The summed E-state index contributed by atoms with van der Waals surface area (Å²) in [5.74, 6) is 0.988. The first kappa shape index (κ1) is 23.7. The molecule has 1 aliphatic heterocycles. The number of imide groups is 1. The lowest BCUT2D eigenvalue weighted by atomic mass is 10.1. The minimum atomic E-state index is -0.570. The Morgan fingerprint density at radius 1 is 1.07 bits per heavy atom. The van der Waals surface area contributed by atoms with Gasteiger partial charge in [-0.1, -0.05) is 36.0 Å². The van der Waals surface area contributed by atoms with Crippen molar-refractivity contribution in [2.24, 2.45) is 5.73 Å². The molecule has 9 heteroatoms. The molecule has 1 unspecified atom stereocenters. The number of likely N-dealkylation sites (N-methyl/N-ethyl adjacent to an activating group) is 1. The van der Waals surface area contributed by atoms with E-state index in [2.05, 4.69) is 5.32 Å². The van der Waals surface area contributed by atoms with Crippen LogP contribution in [0.25, 0.3) is 0 Å². The average molecular weight is 450 g/mol. The minimum Gasteiger partial charge on any atom is -0.457 e. The van der Waals surface area contributed by atoms with Crippen molar-refractivity contribution in [3.63, 3.8) is 0 Å². The second-order valence-corrected chi connectivity index (χ2v) is 8.20. The number of carbonyl (C=O) groups is 3. The molecular weight excluding hydrogens is 426 g/mol. The van der Waals surface area contributed by atoms with E-state index in [9.17, 15) is 14.4 Å². The summed E-state index contributed by atoms with van der Waals surface area (Å²) in [7, 11) is 3.37. The van der Waals surface area contributed by atoms with Gasteiger partial charge in [0.2, 0.25) is 11.8 Å². The molecule has 1 heterocycles. The Morgan fingerprint density at radius 2 is 1.60 bits per heavy atom. The normalized spacial score (nSPS) is 16.4. The number of carbonyl (C=O) groups excluding carboxylic acids is 3. The highest BCUT2D eigenvalue weighted by molar-refractivity contribution is 8.15. The first-order chi connectivity index (χ1) is 13.8. The van der Waals surface area contributed by atoms with E-state index in [1.54, 1.807) is 14.1 Å². The Labute approximate surface area is 185 Å². The number of benzene rings is 2. The molecule has 3 N–H and O–H groups in total. The van der Waals surface area contributed by atoms with Gasteiger partial charge in [0.25, 0.3) is 5.24 Å². The van der Waals surface area contributed by atoms with Gasteiger partial charge < -0.3 is 15.4 Å². The van der Waals surface area contributed by atoms with Crippen LogP contribution in [0.5, 0.6) is 11.5 Å². The average Bonchev–Trinajstić information content (AvgIpc) is 3.01. The first-order valence-corrected chi connectivity index (χ1v) is 10.0. The highest BCUT2D eigenvalue weighted by atomic mass is 35.5. The summed E-state index contributed by atoms with van der Waals surface area (Å²) < 4.78 is 5.84. The summed E-state index contributed by atoms with van der Waals surface area (Å²) in [5, 5.41) is 1.61. The van der Waals surface area contributed by atoms with Crippen molar-refractivity contribution in [3.05, 3.63) is 59.7 Å². The molecule has 2 atom stereocenters. The maximum atomic E-state index is 11.9. The van der Waals surface area contributed by atoms with E-state index in [-0.39, 0.29) is 34.7 Å². The number of ether oxygens (including phenoxy) is 1. The number of hydrogen-bond donors (Lipinski definition) is 2. The van der Waals surface area contributed by atoms with Crippen molar-refractivity contribution < 1.29 is 19.1 Å². The fraction of sp³-hybridized carbons (Fsp3) is 0.286. The number of thioether (sulfide) groups is 1. The van der Waals surface area contributed by atoms with E-state index in [1.807, 2.05) is 48.5 Å². The van der Waals surface area contributed by atoms with Gasteiger partial charge in [0.15, 0.2) is 0 Å². The molecule has 1 fully saturated rings. The predicted molar refractivity (Wildman–Crippen MR) is 119 cm³/mol. The number of hydrogen-bond acceptors (Lipinski definition) is 6. The lowest BCUT2D eigenvalue weighted by Crippen LogP contribution is -2.41. The standard InChI is InChI=1S/C21H23N3O4S.ClH/c1-24(2)20(26)17(22)11-13-3-7-15(8-4-13)28-16-9-5-14(6-10-16)12-18-19(25)23-21(27)29-18;/h3-10,17-18H,11-12,22H2,1-2H3,(H,23,25,27);1H/t17-,18?;/m0./s1. The Morgan fingerprint density at radius 3 is 2.07 bits per heavy atom. The molecular formula is C21H24ClN3O4S. The maximum Gasteiger partial charge on any atom is 0.286 e. The van der Waals surface area contributed by atoms with E-state index in [0.717, 1.165) is 22.9 Å². The topological polar surface area (TPSA) is 102 Å². The number of halogens is 1. The van der Waals surface area contributed by atoms with Crippen LogP contribution in [0, 0.1) is 0 Å². The van der Waals surface area contributed by atoms with Crippen LogP contribution in [-0.2, 0) is 22.4 Å². The van der Waals surface area contributed by atoms with Crippen LogP contribution >= 0.6 is 24.2 Å². The number of nitrogens with zero attached hydrogens (tertiary/aromatic N) is 1. The Bertz CT molecular complexity index is 903. The van der Waals surface area contributed by atoms with Gasteiger partial charge in [0.05, 0.1) is 11.3 Å². The van der Waals surface area contributed by atoms with E-state index in [0.29, 0.717) is 24.3 Å². The molecule has 3 rings (SSSR count). The van der Waals surface area contributed by atoms with E-state index < -0.39 is 6.04 Å².